The second kappa shape index (κ2) is 12.8. The second-order valence-corrected chi connectivity index (χ2v) is 16.2. The lowest BCUT2D eigenvalue weighted by molar-refractivity contribution is -0.155. The lowest BCUT2D eigenvalue weighted by Crippen LogP contribution is -2.62. The number of ether oxygens (including phenoxy) is 1. The molecule has 3 saturated heterocycles. The predicted octanol–water partition coefficient (Wildman–Crippen LogP) is 5.47. The van der Waals surface area contributed by atoms with Gasteiger partial charge < -0.3 is 19.6 Å². The number of allylic oxidation sites excluding steroid dienone is 1. The molecule has 0 aliphatic carbocycles. The minimum atomic E-state index is -0.779. The Morgan fingerprint density at radius 2 is 1.88 bits per heavy atom. The fraction of sp³-hybridized carbons (Fsp3) is 0.788. The van der Waals surface area contributed by atoms with E-state index in [2.05, 4.69) is 68.5 Å². The fourth-order valence-electron chi connectivity index (χ4n) is 8.02. The Morgan fingerprint density at radius 3 is 2.41 bits per heavy atom. The largest absolute Gasteiger partial charge is 0.465 e. The summed E-state index contributed by atoms with van der Waals surface area (Å²) in [7, 11) is 0. The maximum absolute atomic E-state index is 15.0. The smallest absolute Gasteiger partial charge is 0.310 e. The first-order chi connectivity index (χ1) is 19.1. The number of amides is 2. The van der Waals surface area contributed by atoms with Crippen molar-refractivity contribution in [1.82, 2.24) is 9.80 Å². The van der Waals surface area contributed by atoms with Gasteiger partial charge in [-0.25, -0.2) is 0 Å². The zero-order valence-electron chi connectivity index (χ0n) is 26.7. The molecule has 0 aromatic carbocycles. The molecule has 0 radical (unpaired) electrons. The molecule has 0 aromatic heterocycles. The molecule has 1 N–H and O–H groups in total. The van der Waals surface area contributed by atoms with Gasteiger partial charge in [-0.1, -0.05) is 53.7 Å². The van der Waals surface area contributed by atoms with E-state index < -0.39 is 34.2 Å². The minimum absolute atomic E-state index is 0.0330. The molecule has 3 rings (SSSR count). The summed E-state index contributed by atoms with van der Waals surface area (Å²) in [6.07, 6.45) is 7.07. The number of carbonyl (C=O) groups excluding carboxylic acids is 3. The van der Waals surface area contributed by atoms with Crippen LogP contribution in [0.3, 0.4) is 0 Å². The third-order valence-electron chi connectivity index (χ3n) is 9.11. The van der Waals surface area contributed by atoms with Crippen LogP contribution >= 0.6 is 11.8 Å². The van der Waals surface area contributed by atoms with Crippen molar-refractivity contribution in [3.05, 3.63) is 25.3 Å². The average molecular weight is 591 g/mol. The van der Waals surface area contributed by atoms with E-state index in [1.54, 1.807) is 28.8 Å². The molecule has 0 saturated carbocycles. The molecule has 0 aromatic rings. The number of hydrogen-bond donors (Lipinski definition) is 1. The molecule has 41 heavy (non-hydrogen) atoms. The lowest BCUT2D eigenvalue weighted by atomic mass is 9.66. The van der Waals surface area contributed by atoms with Gasteiger partial charge in [-0.05, 0) is 63.2 Å². The van der Waals surface area contributed by atoms with Crippen LogP contribution in [0.4, 0.5) is 0 Å². The number of thioether (sulfide) groups is 1. The third kappa shape index (κ3) is 6.43. The molecule has 2 amide bonds. The molecule has 3 heterocycles. The summed E-state index contributed by atoms with van der Waals surface area (Å²) in [5, 5.41) is 10.5. The van der Waals surface area contributed by atoms with E-state index in [4.69, 9.17) is 4.74 Å². The van der Waals surface area contributed by atoms with Gasteiger partial charge in [-0.2, -0.15) is 0 Å². The lowest BCUT2D eigenvalue weighted by Gasteiger charge is -2.47. The SMILES string of the molecule is C=CCCCOC(=O)[C@@H]1[C@H]2C(=O)N([C@@H](CO)CC(C)C)C(C(=O)N(CC=C)C(C)(C)CC(C)(C)C)C23S[C@@H]1CC3C. The number of aliphatic hydroxyl groups excluding tert-OH is 1. The number of nitrogens with zero attached hydrogens (tertiary/aromatic N) is 2. The van der Waals surface area contributed by atoms with Crippen LogP contribution in [0.1, 0.15) is 87.5 Å². The van der Waals surface area contributed by atoms with Crippen molar-refractivity contribution in [1.29, 1.82) is 0 Å². The van der Waals surface area contributed by atoms with Crippen molar-refractivity contribution in [2.45, 2.75) is 115 Å². The van der Waals surface area contributed by atoms with Crippen LogP contribution in [0.5, 0.6) is 0 Å². The zero-order valence-corrected chi connectivity index (χ0v) is 27.5. The highest BCUT2D eigenvalue weighted by molar-refractivity contribution is 8.02. The molecule has 1 spiro atoms. The number of unbranched alkanes of at least 4 members (excludes halogenated alkanes) is 1. The summed E-state index contributed by atoms with van der Waals surface area (Å²) in [4.78, 5) is 46.7. The van der Waals surface area contributed by atoms with Crippen LogP contribution in [0.2, 0.25) is 0 Å². The second-order valence-electron chi connectivity index (χ2n) is 14.6. The van der Waals surface area contributed by atoms with Gasteiger partial charge in [-0.3, -0.25) is 14.4 Å². The summed E-state index contributed by atoms with van der Waals surface area (Å²) < 4.78 is 4.96. The number of fused-ring (bicyclic) bond motifs is 1. The van der Waals surface area contributed by atoms with Gasteiger partial charge in [-0.15, -0.1) is 24.9 Å². The summed E-state index contributed by atoms with van der Waals surface area (Å²) in [5.74, 6) is -1.64. The average Bonchev–Trinajstić information content (AvgIpc) is 3.45. The number of aliphatic hydroxyl groups is 1. The van der Waals surface area contributed by atoms with Gasteiger partial charge >= 0.3 is 5.97 Å². The first kappa shape index (κ1) is 33.7. The monoisotopic (exact) mass is 590 g/mol. The highest BCUT2D eigenvalue weighted by Crippen LogP contribution is 2.69. The van der Waals surface area contributed by atoms with Crippen LogP contribution < -0.4 is 0 Å². The molecule has 232 valence electrons. The van der Waals surface area contributed by atoms with Crippen molar-refractivity contribution in [3.63, 3.8) is 0 Å². The van der Waals surface area contributed by atoms with Crippen molar-refractivity contribution in [2.24, 2.45) is 29.1 Å². The van der Waals surface area contributed by atoms with Crippen molar-refractivity contribution < 1.29 is 24.2 Å². The van der Waals surface area contributed by atoms with E-state index in [9.17, 15) is 19.5 Å². The number of rotatable bonds is 14. The van der Waals surface area contributed by atoms with Crippen LogP contribution in [0.25, 0.3) is 0 Å². The summed E-state index contributed by atoms with van der Waals surface area (Å²) in [6.45, 7) is 25.0. The number of hydrogen-bond acceptors (Lipinski definition) is 6. The maximum atomic E-state index is 15.0. The van der Waals surface area contributed by atoms with Crippen LogP contribution in [0.15, 0.2) is 25.3 Å². The molecule has 2 bridgehead atoms. The normalized spacial score (nSPS) is 30.0. The van der Waals surface area contributed by atoms with Gasteiger partial charge in [0.05, 0.1) is 35.8 Å². The molecule has 7 atom stereocenters. The quantitative estimate of drug-likeness (QED) is 0.164. The molecule has 3 unspecified atom stereocenters. The highest BCUT2D eigenvalue weighted by Gasteiger charge is 2.77. The van der Waals surface area contributed by atoms with E-state index in [1.807, 2.05) is 4.90 Å². The van der Waals surface area contributed by atoms with Gasteiger partial charge in [0.1, 0.15) is 6.04 Å². The van der Waals surface area contributed by atoms with Crippen molar-refractivity contribution in [2.75, 3.05) is 19.8 Å². The Balaban J connectivity index is 2.12. The molecule has 8 heteroatoms. The van der Waals surface area contributed by atoms with E-state index in [0.29, 0.717) is 19.4 Å². The van der Waals surface area contributed by atoms with Crippen LogP contribution in [-0.2, 0) is 19.1 Å². The number of likely N-dealkylation sites (tertiary alicyclic amines) is 1. The molecule has 3 aliphatic rings. The number of esters is 1. The summed E-state index contributed by atoms with van der Waals surface area (Å²) in [5.41, 5.74) is -0.539. The topological polar surface area (TPSA) is 87.1 Å². The van der Waals surface area contributed by atoms with Crippen LogP contribution in [0, 0.1) is 29.1 Å². The van der Waals surface area contributed by atoms with E-state index >= 15 is 0 Å². The highest BCUT2D eigenvalue weighted by atomic mass is 32.2. The minimum Gasteiger partial charge on any atom is -0.465 e. The van der Waals surface area contributed by atoms with Gasteiger partial charge in [0.25, 0.3) is 0 Å². The standard InChI is InChI=1S/C33H54N2O5S/c1-11-13-14-16-40-30(39)25-24-18-22(5)33(41-24)26(25)28(37)35(23(19-36)17-21(3)4)27(33)29(38)34(15-12-2)32(9,10)20-31(6,7)8/h11-12,21-27,36H,1-2,13-20H2,3-10H3/t22?,23-,24-,25+,26+,27?,33?/m1/s1. The Morgan fingerprint density at radius 1 is 1.22 bits per heavy atom. The van der Waals surface area contributed by atoms with Crippen LogP contribution in [-0.4, -0.2) is 80.1 Å². The van der Waals surface area contributed by atoms with E-state index in [-0.39, 0.29) is 53.5 Å². The Kier molecular flexibility index (Phi) is 10.5. The molecule has 3 fully saturated rings. The van der Waals surface area contributed by atoms with Gasteiger partial charge in [0, 0.05) is 17.3 Å². The zero-order chi connectivity index (χ0) is 30.9. The number of carbonyl (C=O) groups is 3. The van der Waals surface area contributed by atoms with E-state index in [1.165, 1.54) is 0 Å². The van der Waals surface area contributed by atoms with Crippen molar-refractivity contribution >= 4 is 29.5 Å². The molecular formula is C33H54N2O5S. The first-order valence-corrected chi connectivity index (χ1v) is 16.3. The fourth-order valence-corrected chi connectivity index (χ4v) is 10.4. The summed E-state index contributed by atoms with van der Waals surface area (Å²) >= 11 is 1.65. The maximum Gasteiger partial charge on any atom is 0.310 e. The van der Waals surface area contributed by atoms with Crippen molar-refractivity contribution in [3.8, 4) is 0 Å². The van der Waals surface area contributed by atoms with E-state index in [0.717, 1.165) is 19.3 Å². The molecule has 3 aliphatic heterocycles. The Bertz CT molecular complexity index is 1000. The van der Waals surface area contributed by atoms with Gasteiger partial charge in [0.2, 0.25) is 11.8 Å². The van der Waals surface area contributed by atoms with Gasteiger partial charge in [0.15, 0.2) is 0 Å². The predicted molar refractivity (Wildman–Crippen MR) is 166 cm³/mol. The summed E-state index contributed by atoms with van der Waals surface area (Å²) in [6, 6.07) is -1.29. The molecular weight excluding hydrogens is 536 g/mol. The Hall–Kier alpha value is -1.80. The molecule has 7 nitrogen and oxygen atoms in total. The third-order valence-corrected chi connectivity index (χ3v) is 11.2. The Labute approximate surface area is 252 Å². The first-order valence-electron chi connectivity index (χ1n) is 15.4.